The molecule has 5 aromatic carbocycles. The summed E-state index contributed by atoms with van der Waals surface area (Å²) in [6.07, 6.45) is 12.8. The van der Waals surface area contributed by atoms with Crippen molar-refractivity contribution in [1.29, 1.82) is 0 Å². The Balaban J connectivity index is 1.10. The van der Waals surface area contributed by atoms with E-state index in [-0.39, 0.29) is 5.41 Å². The summed E-state index contributed by atoms with van der Waals surface area (Å²) in [7, 11) is 0. The molecule has 1 heterocycles. The fourth-order valence-corrected chi connectivity index (χ4v) is 9.31. The van der Waals surface area contributed by atoms with E-state index in [1.165, 1.54) is 81.0 Å². The lowest BCUT2D eigenvalue weighted by Gasteiger charge is -2.45. The highest BCUT2D eigenvalue weighted by Crippen LogP contribution is 2.54. The Hall–Kier alpha value is -4.82. The lowest BCUT2D eigenvalue weighted by atomic mass is 9.77. The summed E-state index contributed by atoms with van der Waals surface area (Å²) in [6.45, 7) is 4.71. The van der Waals surface area contributed by atoms with E-state index in [1.807, 2.05) is 0 Å². The Morgan fingerprint density at radius 2 is 1.45 bits per heavy atom. The third-order valence-corrected chi connectivity index (χ3v) is 11.4. The van der Waals surface area contributed by atoms with Crippen molar-refractivity contribution in [1.82, 2.24) is 0 Å². The minimum absolute atomic E-state index is 0.0315. The predicted octanol–water partition coefficient (Wildman–Crippen LogP) is 11.6. The van der Waals surface area contributed by atoms with Crippen LogP contribution in [0.4, 0.5) is 17.1 Å². The molecule has 3 unspecified atom stereocenters. The van der Waals surface area contributed by atoms with Gasteiger partial charge < -0.3 is 9.80 Å². The minimum atomic E-state index is 0.0315. The van der Waals surface area contributed by atoms with Gasteiger partial charge in [-0.2, -0.15) is 0 Å². The molecule has 232 valence electrons. The number of hydrogen-bond donors (Lipinski definition) is 0. The molecule has 1 fully saturated rings. The number of nitrogens with zero attached hydrogens (tertiary/aromatic N) is 2. The van der Waals surface area contributed by atoms with Crippen molar-refractivity contribution in [2.24, 2.45) is 0 Å². The molecule has 3 atom stereocenters. The van der Waals surface area contributed by atoms with Crippen molar-refractivity contribution in [2.75, 3.05) is 9.80 Å². The second-order valence-corrected chi connectivity index (χ2v) is 14.3. The van der Waals surface area contributed by atoms with E-state index in [9.17, 15) is 0 Å². The van der Waals surface area contributed by atoms with Crippen LogP contribution in [-0.4, -0.2) is 12.1 Å². The largest absolute Gasteiger partial charge is 0.341 e. The van der Waals surface area contributed by atoms with E-state index >= 15 is 0 Å². The summed E-state index contributed by atoms with van der Waals surface area (Å²) in [5, 5.41) is 0. The van der Waals surface area contributed by atoms with Crippen LogP contribution in [0.15, 0.2) is 145 Å². The van der Waals surface area contributed by atoms with Crippen molar-refractivity contribution in [3.63, 3.8) is 0 Å². The first-order chi connectivity index (χ1) is 23.1. The molecule has 0 spiro atoms. The van der Waals surface area contributed by atoms with Crippen LogP contribution in [0, 0.1) is 0 Å². The Kier molecular flexibility index (Phi) is 6.75. The molecule has 1 aliphatic heterocycles. The zero-order valence-corrected chi connectivity index (χ0v) is 27.4. The molecule has 0 amide bonds. The molecule has 5 aromatic rings. The molecule has 0 radical (unpaired) electrons. The number of allylic oxidation sites excluding steroid dienone is 4. The van der Waals surface area contributed by atoms with Gasteiger partial charge in [0.2, 0.25) is 0 Å². The Morgan fingerprint density at radius 3 is 2.28 bits per heavy atom. The monoisotopic (exact) mass is 610 g/mol. The number of para-hydroxylation sites is 2. The molecule has 0 bridgehead atoms. The molecular weight excluding hydrogens is 569 g/mol. The maximum atomic E-state index is 2.73. The average molecular weight is 611 g/mol. The van der Waals surface area contributed by atoms with E-state index in [0.29, 0.717) is 18.0 Å². The maximum Gasteiger partial charge on any atom is 0.0450 e. The molecule has 0 N–H and O–H groups in total. The summed E-state index contributed by atoms with van der Waals surface area (Å²) >= 11 is 0. The van der Waals surface area contributed by atoms with Gasteiger partial charge in [0, 0.05) is 46.2 Å². The normalized spacial score (nSPS) is 21.8. The number of fused-ring (bicyclic) bond motifs is 6. The highest BCUT2D eigenvalue weighted by molar-refractivity contribution is 5.84. The number of rotatable bonds is 5. The van der Waals surface area contributed by atoms with Gasteiger partial charge in [-0.3, -0.25) is 0 Å². The van der Waals surface area contributed by atoms with Gasteiger partial charge in [0.05, 0.1) is 0 Å². The maximum absolute atomic E-state index is 2.73. The van der Waals surface area contributed by atoms with Gasteiger partial charge in [0.1, 0.15) is 0 Å². The third kappa shape index (κ3) is 4.53. The first-order valence-corrected chi connectivity index (χ1v) is 17.5. The average Bonchev–Trinajstić information content (AvgIpc) is 3.59. The molecule has 1 saturated carbocycles. The van der Waals surface area contributed by atoms with E-state index in [2.05, 4.69) is 163 Å². The highest BCUT2D eigenvalue weighted by Gasteiger charge is 2.47. The lowest BCUT2D eigenvalue weighted by Crippen LogP contribution is -2.47. The summed E-state index contributed by atoms with van der Waals surface area (Å²) in [5.41, 5.74) is 15.2. The second-order valence-electron chi connectivity index (χ2n) is 14.3. The van der Waals surface area contributed by atoms with Crippen molar-refractivity contribution < 1.29 is 0 Å². The zero-order valence-electron chi connectivity index (χ0n) is 27.4. The van der Waals surface area contributed by atoms with Crippen molar-refractivity contribution in [2.45, 2.75) is 69.4 Å². The number of hydrogen-bond acceptors (Lipinski definition) is 2. The molecule has 0 aromatic heterocycles. The molecule has 2 nitrogen and oxygen atoms in total. The van der Waals surface area contributed by atoms with E-state index in [4.69, 9.17) is 0 Å². The van der Waals surface area contributed by atoms with E-state index in [0.717, 1.165) is 12.8 Å². The predicted molar refractivity (Wildman–Crippen MR) is 198 cm³/mol. The van der Waals surface area contributed by atoms with Crippen LogP contribution < -0.4 is 9.80 Å². The topological polar surface area (TPSA) is 6.48 Å². The summed E-state index contributed by atoms with van der Waals surface area (Å²) in [6, 6.07) is 46.6. The molecule has 2 heteroatoms. The van der Waals surface area contributed by atoms with Gasteiger partial charge in [-0.05, 0) is 114 Å². The van der Waals surface area contributed by atoms with Crippen LogP contribution in [0.5, 0.6) is 0 Å². The van der Waals surface area contributed by atoms with Gasteiger partial charge in [-0.25, -0.2) is 0 Å². The van der Waals surface area contributed by atoms with Crippen molar-refractivity contribution >= 4 is 17.1 Å². The second kappa shape index (κ2) is 11.2. The molecular formula is C45H42N2. The molecule has 4 aliphatic rings. The lowest BCUT2D eigenvalue weighted by molar-refractivity contribution is 0.344. The Morgan fingerprint density at radius 1 is 0.702 bits per heavy atom. The van der Waals surface area contributed by atoms with E-state index in [1.54, 1.807) is 0 Å². The molecule has 47 heavy (non-hydrogen) atoms. The zero-order chi connectivity index (χ0) is 31.5. The fourth-order valence-electron chi connectivity index (χ4n) is 9.31. The van der Waals surface area contributed by atoms with Gasteiger partial charge in [0.25, 0.3) is 0 Å². The first-order valence-electron chi connectivity index (χ1n) is 17.5. The van der Waals surface area contributed by atoms with E-state index < -0.39 is 0 Å². The van der Waals surface area contributed by atoms with Crippen LogP contribution in [0.2, 0.25) is 0 Å². The molecule has 0 saturated heterocycles. The quantitative estimate of drug-likeness (QED) is 0.195. The molecule has 9 rings (SSSR count). The number of benzene rings is 5. The van der Waals surface area contributed by atoms with Crippen molar-refractivity contribution in [3.05, 3.63) is 162 Å². The fraction of sp³-hybridized carbons (Fsp3) is 0.244. The standard InChI is InChI=1S/C45H42N2/c1-45(2)39-20-11-9-18-36(39)38-30-32(26-29-40(38)45)31-24-27-35(28-25-31)46(33-14-5-3-6-15-33)42-22-13-23-43-44(42)37-19-10-12-21-41(37)47(43)34-16-7-4-8-17-34/h3-5,7-12,14,16-21,24-30,42-44H,6,13,15,22-23H2,1-2H3. The van der Waals surface area contributed by atoms with Crippen LogP contribution >= 0.6 is 0 Å². The minimum Gasteiger partial charge on any atom is -0.341 e. The highest BCUT2D eigenvalue weighted by atomic mass is 15.2. The summed E-state index contributed by atoms with van der Waals surface area (Å²) < 4.78 is 0. The number of anilines is 3. The van der Waals surface area contributed by atoms with Gasteiger partial charge in [-0.1, -0.05) is 111 Å². The van der Waals surface area contributed by atoms with Crippen LogP contribution in [-0.2, 0) is 5.41 Å². The van der Waals surface area contributed by atoms with Gasteiger partial charge in [0.15, 0.2) is 0 Å². The molecule has 3 aliphatic carbocycles. The smallest absolute Gasteiger partial charge is 0.0450 e. The van der Waals surface area contributed by atoms with Gasteiger partial charge >= 0.3 is 0 Å². The van der Waals surface area contributed by atoms with Crippen LogP contribution in [0.1, 0.15) is 68.6 Å². The Bertz CT molecular complexity index is 2020. The third-order valence-electron chi connectivity index (χ3n) is 11.4. The van der Waals surface area contributed by atoms with Crippen LogP contribution in [0.3, 0.4) is 0 Å². The van der Waals surface area contributed by atoms with Crippen molar-refractivity contribution in [3.8, 4) is 22.3 Å². The summed E-state index contributed by atoms with van der Waals surface area (Å²) in [4.78, 5) is 5.38. The summed E-state index contributed by atoms with van der Waals surface area (Å²) in [5.74, 6) is 0.437. The Labute approximate surface area is 279 Å². The van der Waals surface area contributed by atoms with Crippen LogP contribution in [0.25, 0.3) is 22.3 Å². The SMILES string of the molecule is CC1(C)c2ccccc2-c2cc(-c3ccc(N(C4=CC=CCC4)C4CCCC5C4c4ccccc4N5c4ccccc4)cc3)ccc21. The first kappa shape index (κ1) is 28.4. The van der Waals surface area contributed by atoms with Gasteiger partial charge in [-0.15, -0.1) is 0 Å².